The van der Waals surface area contributed by atoms with E-state index in [-0.39, 0.29) is 18.4 Å². The third-order valence-corrected chi connectivity index (χ3v) is 6.54. The van der Waals surface area contributed by atoms with Gasteiger partial charge in [0.2, 0.25) is 0 Å². The smallest absolute Gasteiger partial charge is 0.270 e. The molecule has 0 radical (unpaired) electrons. The third kappa shape index (κ3) is 6.15. The zero-order valence-electron chi connectivity index (χ0n) is 18.3. The minimum Gasteiger partial charge on any atom is -0.493 e. The van der Waals surface area contributed by atoms with Gasteiger partial charge in [-0.1, -0.05) is 71.4 Å². The second-order valence-corrected chi connectivity index (χ2v) is 9.81. The lowest BCUT2D eigenvalue weighted by Crippen LogP contribution is -2.27. The number of carbonyl (C=O) groups excluding carboxylic acids is 2. The molecule has 1 N–H and O–H groups in total. The summed E-state index contributed by atoms with van der Waals surface area (Å²) in [6, 6.07) is 19.1. The Morgan fingerprint density at radius 2 is 1.77 bits per heavy atom. The number of benzene rings is 3. The normalized spacial score (nSPS) is 14.4. The van der Waals surface area contributed by atoms with Crippen molar-refractivity contribution in [3.8, 4) is 11.5 Å². The molecular weight excluding hydrogens is 527 g/mol. The fourth-order valence-corrected chi connectivity index (χ4v) is 5.10. The number of rotatable bonds is 7. The summed E-state index contributed by atoms with van der Waals surface area (Å²) >= 11 is 18.6. The van der Waals surface area contributed by atoms with E-state index in [1.807, 2.05) is 30.3 Å². The molecule has 1 aliphatic rings. The van der Waals surface area contributed by atoms with Crippen LogP contribution in [0.4, 0.5) is 11.4 Å². The summed E-state index contributed by atoms with van der Waals surface area (Å²) in [5.74, 6) is 0.207. The van der Waals surface area contributed by atoms with Gasteiger partial charge >= 0.3 is 0 Å². The molecule has 4 rings (SSSR count). The molecule has 2 amide bonds. The summed E-state index contributed by atoms with van der Waals surface area (Å²) < 4.78 is 11.5. The van der Waals surface area contributed by atoms with Crippen LogP contribution in [0.3, 0.4) is 0 Å². The Balaban J connectivity index is 1.44. The molecule has 1 aliphatic heterocycles. The number of carbonyl (C=O) groups is 2. The summed E-state index contributed by atoms with van der Waals surface area (Å²) in [5, 5.41) is 3.50. The maximum absolute atomic E-state index is 12.9. The summed E-state index contributed by atoms with van der Waals surface area (Å²) in [7, 11) is 1.49. The number of nitrogens with one attached hydrogen (secondary N) is 1. The number of nitrogens with zero attached hydrogens (tertiary/aromatic N) is 1. The van der Waals surface area contributed by atoms with Gasteiger partial charge in [0.05, 0.1) is 17.7 Å². The molecule has 0 unspecified atom stereocenters. The van der Waals surface area contributed by atoms with Crippen molar-refractivity contribution in [2.24, 2.45) is 0 Å². The quantitative estimate of drug-likeness (QED) is 0.273. The van der Waals surface area contributed by atoms with E-state index in [0.717, 1.165) is 11.3 Å². The molecule has 3 aromatic rings. The number of thioether (sulfide) groups is 1. The molecule has 1 fully saturated rings. The predicted octanol–water partition coefficient (Wildman–Crippen LogP) is 6.43. The minimum atomic E-state index is -0.390. The average Bonchev–Trinajstić information content (AvgIpc) is 3.10. The number of amides is 2. The Morgan fingerprint density at radius 1 is 1.06 bits per heavy atom. The zero-order chi connectivity index (χ0) is 24.9. The van der Waals surface area contributed by atoms with Gasteiger partial charge < -0.3 is 14.8 Å². The van der Waals surface area contributed by atoms with E-state index in [9.17, 15) is 9.59 Å². The second kappa shape index (κ2) is 11.1. The van der Waals surface area contributed by atoms with Gasteiger partial charge in [-0.15, -0.1) is 0 Å². The molecule has 1 saturated heterocycles. The number of thiocarbonyl (C=S) groups is 1. The van der Waals surface area contributed by atoms with Gasteiger partial charge in [0.1, 0.15) is 0 Å². The summed E-state index contributed by atoms with van der Waals surface area (Å²) in [6.45, 7) is -0.254. The van der Waals surface area contributed by atoms with Crippen LogP contribution < -0.4 is 19.7 Å². The Morgan fingerprint density at radius 3 is 2.46 bits per heavy atom. The van der Waals surface area contributed by atoms with Crippen molar-refractivity contribution in [3.63, 3.8) is 0 Å². The summed E-state index contributed by atoms with van der Waals surface area (Å²) in [4.78, 5) is 27.2. The lowest BCUT2D eigenvalue weighted by molar-refractivity contribution is -0.118. The van der Waals surface area contributed by atoms with Crippen LogP contribution in [-0.4, -0.2) is 29.9 Å². The SMILES string of the molecule is COc1cc(/C=C2\SC(=S)N(c3ccccc3)C2=O)ccc1OCC(=O)Nc1cc(Cl)cc(Cl)c1. The van der Waals surface area contributed by atoms with Crippen molar-refractivity contribution in [2.45, 2.75) is 0 Å². The standard InChI is InChI=1S/C25H18Cl2N2O4S2/c1-32-21-9-15(10-22-24(31)29(25(34)35-22)19-5-3-2-4-6-19)7-8-20(21)33-14-23(30)28-18-12-16(26)11-17(27)13-18/h2-13H,14H2,1H3,(H,28,30)/b22-10-. The monoisotopic (exact) mass is 544 g/mol. The van der Waals surface area contributed by atoms with Crippen molar-refractivity contribution in [1.29, 1.82) is 0 Å². The molecule has 0 aliphatic carbocycles. The maximum atomic E-state index is 12.9. The van der Waals surface area contributed by atoms with Crippen LogP contribution >= 0.6 is 47.2 Å². The molecule has 0 saturated carbocycles. The van der Waals surface area contributed by atoms with Crippen LogP contribution in [0, 0.1) is 0 Å². The van der Waals surface area contributed by atoms with E-state index in [2.05, 4.69) is 5.32 Å². The number of methoxy groups -OCH3 is 1. The zero-order valence-corrected chi connectivity index (χ0v) is 21.4. The molecule has 10 heteroatoms. The first-order valence-electron chi connectivity index (χ1n) is 10.2. The number of ether oxygens (including phenoxy) is 2. The average molecular weight is 545 g/mol. The van der Waals surface area contributed by atoms with Gasteiger partial charge in [0, 0.05) is 15.7 Å². The number of para-hydroxylation sites is 1. The Bertz CT molecular complexity index is 1310. The molecule has 3 aromatic carbocycles. The number of anilines is 2. The van der Waals surface area contributed by atoms with Crippen LogP contribution in [0.15, 0.2) is 71.6 Å². The van der Waals surface area contributed by atoms with Crippen molar-refractivity contribution in [3.05, 3.63) is 87.2 Å². The fraction of sp³-hybridized carbons (Fsp3) is 0.0800. The third-order valence-electron chi connectivity index (χ3n) is 4.80. The highest BCUT2D eigenvalue weighted by molar-refractivity contribution is 8.27. The van der Waals surface area contributed by atoms with Crippen molar-refractivity contribution in [1.82, 2.24) is 0 Å². The van der Waals surface area contributed by atoms with Gasteiger partial charge in [-0.05, 0) is 54.1 Å². The highest BCUT2D eigenvalue weighted by Gasteiger charge is 2.33. The molecule has 178 valence electrons. The highest BCUT2D eigenvalue weighted by atomic mass is 35.5. The maximum Gasteiger partial charge on any atom is 0.270 e. The van der Waals surface area contributed by atoms with Crippen LogP contribution in [0.1, 0.15) is 5.56 Å². The van der Waals surface area contributed by atoms with Crippen molar-refractivity contribution >= 4 is 80.8 Å². The van der Waals surface area contributed by atoms with E-state index in [4.69, 9.17) is 44.9 Å². The van der Waals surface area contributed by atoms with Crippen molar-refractivity contribution in [2.75, 3.05) is 23.9 Å². The first-order chi connectivity index (χ1) is 16.8. The largest absolute Gasteiger partial charge is 0.493 e. The highest BCUT2D eigenvalue weighted by Crippen LogP contribution is 2.37. The molecule has 6 nitrogen and oxygen atoms in total. The minimum absolute atomic E-state index is 0.191. The number of hydrogen-bond acceptors (Lipinski definition) is 6. The second-order valence-electron chi connectivity index (χ2n) is 7.26. The topological polar surface area (TPSA) is 67.9 Å². The van der Waals surface area contributed by atoms with Gasteiger partial charge in [-0.3, -0.25) is 14.5 Å². The van der Waals surface area contributed by atoms with Crippen LogP contribution in [0.25, 0.3) is 6.08 Å². The molecule has 0 atom stereocenters. The van der Waals surface area contributed by atoms with Gasteiger partial charge in [0.15, 0.2) is 22.4 Å². The molecule has 0 spiro atoms. The number of halogens is 2. The predicted molar refractivity (Wildman–Crippen MR) is 146 cm³/mol. The summed E-state index contributed by atoms with van der Waals surface area (Å²) in [5.41, 5.74) is 1.91. The lowest BCUT2D eigenvalue weighted by atomic mass is 10.2. The summed E-state index contributed by atoms with van der Waals surface area (Å²) in [6.07, 6.45) is 1.74. The lowest BCUT2D eigenvalue weighted by Gasteiger charge is -2.14. The van der Waals surface area contributed by atoms with Crippen LogP contribution in [0.2, 0.25) is 10.0 Å². The number of hydrogen-bond donors (Lipinski definition) is 1. The fourth-order valence-electron chi connectivity index (χ4n) is 3.28. The van der Waals surface area contributed by atoms with E-state index in [1.54, 1.807) is 42.5 Å². The molecule has 0 bridgehead atoms. The molecule has 0 aromatic heterocycles. The molecule has 1 heterocycles. The van der Waals surface area contributed by atoms with E-state index < -0.39 is 0 Å². The first kappa shape index (κ1) is 25.1. The Labute approximate surface area is 221 Å². The molecule has 35 heavy (non-hydrogen) atoms. The van der Waals surface area contributed by atoms with Gasteiger partial charge in [0.25, 0.3) is 11.8 Å². The van der Waals surface area contributed by atoms with Gasteiger partial charge in [-0.25, -0.2) is 0 Å². The van der Waals surface area contributed by atoms with E-state index >= 15 is 0 Å². The van der Waals surface area contributed by atoms with Gasteiger partial charge in [-0.2, -0.15) is 0 Å². The van der Waals surface area contributed by atoms with Crippen LogP contribution in [0.5, 0.6) is 11.5 Å². The van der Waals surface area contributed by atoms with Crippen LogP contribution in [-0.2, 0) is 9.59 Å². The Hall–Kier alpha value is -3.04. The van der Waals surface area contributed by atoms with E-state index in [0.29, 0.717) is 36.5 Å². The Kier molecular flexibility index (Phi) is 7.97. The molecular formula is C25H18Cl2N2O4S2. The van der Waals surface area contributed by atoms with Crippen molar-refractivity contribution < 1.29 is 19.1 Å². The first-order valence-corrected chi connectivity index (χ1v) is 12.2. The van der Waals surface area contributed by atoms with E-state index in [1.165, 1.54) is 23.8 Å².